The van der Waals surface area contributed by atoms with Gasteiger partial charge in [-0.25, -0.2) is 0 Å². The molecule has 1 rings (SSSR count). The summed E-state index contributed by atoms with van der Waals surface area (Å²) in [6, 6.07) is 1.08. The third-order valence-corrected chi connectivity index (χ3v) is 4.86. The van der Waals surface area contributed by atoms with E-state index in [1.54, 1.807) is 0 Å². The van der Waals surface area contributed by atoms with Crippen molar-refractivity contribution in [3.63, 3.8) is 0 Å². The molecule has 0 amide bonds. The minimum absolute atomic E-state index is 0.229. The van der Waals surface area contributed by atoms with Crippen molar-refractivity contribution in [1.82, 2.24) is 5.32 Å². The van der Waals surface area contributed by atoms with Crippen LogP contribution < -0.4 is 5.32 Å². The van der Waals surface area contributed by atoms with Crippen molar-refractivity contribution in [2.24, 2.45) is 17.3 Å². The van der Waals surface area contributed by atoms with Gasteiger partial charge in [-0.15, -0.1) is 0 Å². The van der Waals surface area contributed by atoms with E-state index in [2.05, 4.69) is 39.9 Å². The summed E-state index contributed by atoms with van der Waals surface area (Å²) in [5.74, 6) is 1.74. The molecule has 0 spiro atoms. The Kier molecular flexibility index (Phi) is 6.82. The molecule has 0 aromatic carbocycles. The molecule has 1 fully saturated rings. The average Bonchev–Trinajstić information content (AvgIpc) is 2.52. The van der Waals surface area contributed by atoms with Gasteiger partial charge in [0, 0.05) is 18.7 Å². The lowest BCUT2D eigenvalue weighted by molar-refractivity contribution is 0.181. The van der Waals surface area contributed by atoms with Crippen LogP contribution in [0.5, 0.6) is 0 Å². The van der Waals surface area contributed by atoms with E-state index in [1.807, 2.05) is 0 Å². The second-order valence-electron chi connectivity index (χ2n) is 7.81. The van der Waals surface area contributed by atoms with Gasteiger partial charge in [-0.2, -0.15) is 0 Å². The molecule has 3 unspecified atom stereocenters. The maximum Gasteiger partial charge on any atom is 0.0446 e. The molecule has 0 saturated heterocycles. The van der Waals surface area contributed by atoms with Gasteiger partial charge in [0.25, 0.3) is 0 Å². The van der Waals surface area contributed by atoms with Gasteiger partial charge in [0.15, 0.2) is 0 Å². The highest BCUT2D eigenvalue weighted by Gasteiger charge is 2.28. The Balaban J connectivity index is 2.51. The van der Waals surface area contributed by atoms with Crippen LogP contribution in [0, 0.1) is 17.3 Å². The third kappa shape index (κ3) is 5.83. The first-order chi connectivity index (χ1) is 8.84. The van der Waals surface area contributed by atoms with Crippen molar-refractivity contribution in [2.45, 2.75) is 85.2 Å². The van der Waals surface area contributed by atoms with E-state index in [-0.39, 0.29) is 12.0 Å². The van der Waals surface area contributed by atoms with E-state index < -0.39 is 0 Å². The molecular formula is C17H35NO. The highest BCUT2D eigenvalue weighted by molar-refractivity contribution is 4.85. The Hall–Kier alpha value is -0.0800. The average molecular weight is 269 g/mol. The fourth-order valence-electron chi connectivity index (χ4n) is 3.34. The highest BCUT2D eigenvalue weighted by atomic mass is 16.3. The van der Waals surface area contributed by atoms with Crippen LogP contribution in [-0.4, -0.2) is 23.8 Å². The van der Waals surface area contributed by atoms with Crippen LogP contribution in [0.2, 0.25) is 0 Å². The number of aliphatic hydroxyl groups excluding tert-OH is 1. The Morgan fingerprint density at radius 3 is 2.32 bits per heavy atom. The lowest BCUT2D eigenvalue weighted by atomic mass is 9.84. The molecule has 2 N–H and O–H groups in total. The van der Waals surface area contributed by atoms with Gasteiger partial charge >= 0.3 is 0 Å². The second-order valence-corrected chi connectivity index (χ2v) is 7.81. The van der Waals surface area contributed by atoms with Crippen molar-refractivity contribution >= 4 is 0 Å². The van der Waals surface area contributed by atoms with Crippen LogP contribution in [0.1, 0.15) is 73.1 Å². The predicted molar refractivity (Wildman–Crippen MR) is 83.3 cm³/mol. The second kappa shape index (κ2) is 7.64. The zero-order chi connectivity index (χ0) is 14.5. The Morgan fingerprint density at radius 2 is 1.79 bits per heavy atom. The monoisotopic (exact) mass is 269 g/mol. The summed E-state index contributed by atoms with van der Waals surface area (Å²) < 4.78 is 0. The molecule has 0 aromatic rings. The molecule has 2 heteroatoms. The maximum absolute atomic E-state index is 9.26. The highest BCUT2D eigenvalue weighted by Crippen LogP contribution is 2.30. The molecule has 0 bridgehead atoms. The van der Waals surface area contributed by atoms with Crippen molar-refractivity contribution in [1.29, 1.82) is 0 Å². The predicted octanol–water partition coefficient (Wildman–Crippen LogP) is 3.98. The molecule has 1 aliphatic carbocycles. The first-order valence-corrected chi connectivity index (χ1v) is 8.21. The summed E-state index contributed by atoms with van der Waals surface area (Å²) >= 11 is 0. The lowest BCUT2D eigenvalue weighted by Crippen LogP contribution is -2.46. The molecular weight excluding hydrogens is 234 g/mol. The molecule has 0 heterocycles. The summed E-state index contributed by atoms with van der Waals surface area (Å²) in [5.41, 5.74) is 0.229. The molecule has 0 radical (unpaired) electrons. The van der Waals surface area contributed by atoms with Crippen molar-refractivity contribution < 1.29 is 5.11 Å². The molecule has 114 valence electrons. The quantitative estimate of drug-likeness (QED) is 0.740. The summed E-state index contributed by atoms with van der Waals surface area (Å²) in [4.78, 5) is 0. The van der Waals surface area contributed by atoms with Gasteiger partial charge in [0.05, 0.1) is 0 Å². The minimum atomic E-state index is 0.229. The zero-order valence-corrected chi connectivity index (χ0v) is 13.7. The van der Waals surface area contributed by atoms with Crippen LogP contribution in [0.3, 0.4) is 0 Å². The zero-order valence-electron chi connectivity index (χ0n) is 13.7. The summed E-state index contributed by atoms with van der Waals surface area (Å²) in [7, 11) is 0. The van der Waals surface area contributed by atoms with E-state index in [9.17, 15) is 5.11 Å². The van der Waals surface area contributed by atoms with Crippen LogP contribution in [-0.2, 0) is 0 Å². The summed E-state index contributed by atoms with van der Waals surface area (Å²) in [6.07, 6.45) is 7.60. The lowest BCUT2D eigenvalue weighted by Gasteiger charge is -2.34. The van der Waals surface area contributed by atoms with Crippen LogP contribution in [0.25, 0.3) is 0 Å². The normalized spacial score (nSPS) is 27.3. The molecule has 1 aliphatic rings. The number of nitrogens with one attached hydrogen (secondary N) is 1. The SMILES string of the molecule is CC(C)C1CCCC(NC(CCO)C(C)(C)C)CC1. The minimum Gasteiger partial charge on any atom is -0.396 e. The fourth-order valence-corrected chi connectivity index (χ4v) is 3.34. The van der Waals surface area contributed by atoms with E-state index in [1.165, 1.54) is 32.1 Å². The van der Waals surface area contributed by atoms with Gasteiger partial charge in [0.2, 0.25) is 0 Å². The number of hydrogen-bond acceptors (Lipinski definition) is 2. The van der Waals surface area contributed by atoms with Crippen molar-refractivity contribution in [3.05, 3.63) is 0 Å². The third-order valence-electron chi connectivity index (χ3n) is 4.86. The van der Waals surface area contributed by atoms with Crippen LogP contribution in [0.15, 0.2) is 0 Å². The van der Waals surface area contributed by atoms with Gasteiger partial charge in [-0.05, 0) is 42.9 Å². The van der Waals surface area contributed by atoms with Gasteiger partial charge in [-0.1, -0.05) is 47.5 Å². The van der Waals surface area contributed by atoms with E-state index in [4.69, 9.17) is 0 Å². The molecule has 3 atom stereocenters. The summed E-state index contributed by atoms with van der Waals surface area (Å²) in [5, 5.41) is 13.1. The first kappa shape index (κ1) is 17.0. The molecule has 0 aromatic heterocycles. The van der Waals surface area contributed by atoms with E-state index in [0.29, 0.717) is 12.1 Å². The topological polar surface area (TPSA) is 32.3 Å². The van der Waals surface area contributed by atoms with Crippen molar-refractivity contribution in [3.8, 4) is 0 Å². The molecule has 1 saturated carbocycles. The van der Waals surface area contributed by atoms with Gasteiger partial charge in [-0.3, -0.25) is 0 Å². The van der Waals surface area contributed by atoms with E-state index >= 15 is 0 Å². The molecule has 2 nitrogen and oxygen atoms in total. The van der Waals surface area contributed by atoms with Gasteiger partial charge < -0.3 is 10.4 Å². The standard InChI is InChI=1S/C17H35NO/c1-13(2)14-7-6-8-15(10-9-14)18-16(11-12-19)17(3,4)5/h13-16,18-19H,6-12H2,1-5H3. The maximum atomic E-state index is 9.26. The molecule has 19 heavy (non-hydrogen) atoms. The van der Waals surface area contributed by atoms with Gasteiger partial charge in [0.1, 0.15) is 0 Å². The molecule has 0 aliphatic heterocycles. The number of aliphatic hydroxyl groups is 1. The first-order valence-electron chi connectivity index (χ1n) is 8.21. The van der Waals surface area contributed by atoms with Crippen molar-refractivity contribution in [2.75, 3.05) is 6.61 Å². The number of hydrogen-bond donors (Lipinski definition) is 2. The Labute approximate surface area is 120 Å². The summed E-state index contributed by atoms with van der Waals surface area (Å²) in [6.45, 7) is 11.8. The fraction of sp³-hybridized carbons (Fsp3) is 1.00. The number of rotatable bonds is 5. The van der Waals surface area contributed by atoms with Crippen LogP contribution >= 0.6 is 0 Å². The smallest absolute Gasteiger partial charge is 0.0446 e. The van der Waals surface area contributed by atoms with Crippen LogP contribution in [0.4, 0.5) is 0 Å². The van der Waals surface area contributed by atoms with E-state index in [0.717, 1.165) is 18.3 Å². The largest absolute Gasteiger partial charge is 0.396 e. The Morgan fingerprint density at radius 1 is 1.11 bits per heavy atom. The Bertz CT molecular complexity index is 244.